The number of hydrogen-bond donors (Lipinski definition) is 0. The van der Waals surface area contributed by atoms with Crippen molar-refractivity contribution in [3.05, 3.63) is 33.9 Å². The molecule has 0 saturated carbocycles. The van der Waals surface area contributed by atoms with Gasteiger partial charge in [-0.15, -0.1) is 0 Å². The van der Waals surface area contributed by atoms with Crippen LogP contribution in [0.2, 0.25) is 0 Å². The van der Waals surface area contributed by atoms with E-state index >= 15 is 0 Å². The summed E-state index contributed by atoms with van der Waals surface area (Å²) >= 11 is 0. The Bertz CT molecular complexity index is 668. The van der Waals surface area contributed by atoms with Crippen molar-refractivity contribution >= 4 is 5.78 Å². The minimum Gasteiger partial charge on any atom is -0.493 e. The third-order valence-corrected chi connectivity index (χ3v) is 5.19. The molecular formula is C20H26O3. The molecule has 3 nitrogen and oxygen atoms in total. The normalized spacial score (nSPS) is 17.7. The Morgan fingerprint density at radius 3 is 2.39 bits per heavy atom. The van der Waals surface area contributed by atoms with Gasteiger partial charge in [-0.3, -0.25) is 4.79 Å². The third-order valence-electron chi connectivity index (χ3n) is 5.19. The molecule has 3 heteroatoms. The Hall–Kier alpha value is -1.77. The minimum atomic E-state index is 0.327. The molecule has 0 atom stereocenters. The molecule has 2 aliphatic rings. The van der Waals surface area contributed by atoms with Crippen LogP contribution in [0.15, 0.2) is 17.2 Å². The Morgan fingerprint density at radius 2 is 1.74 bits per heavy atom. The molecule has 23 heavy (non-hydrogen) atoms. The number of hydrogen-bond acceptors (Lipinski definition) is 3. The number of rotatable bonds is 3. The second kappa shape index (κ2) is 6.38. The molecule has 1 aromatic rings. The second-order valence-electron chi connectivity index (χ2n) is 6.86. The highest BCUT2D eigenvalue weighted by molar-refractivity contribution is 5.97. The van der Waals surface area contributed by atoms with Gasteiger partial charge in [0.2, 0.25) is 0 Å². The van der Waals surface area contributed by atoms with E-state index in [1.807, 2.05) is 0 Å². The number of allylic oxidation sites excluding steroid dienone is 2. The zero-order valence-corrected chi connectivity index (χ0v) is 14.6. The molecule has 0 bridgehead atoms. The van der Waals surface area contributed by atoms with Gasteiger partial charge >= 0.3 is 0 Å². The predicted octanol–water partition coefficient (Wildman–Crippen LogP) is 4.37. The van der Waals surface area contributed by atoms with Crippen LogP contribution in [0, 0.1) is 0 Å². The van der Waals surface area contributed by atoms with E-state index in [1.165, 1.54) is 16.7 Å². The Kier molecular flexibility index (Phi) is 4.47. The van der Waals surface area contributed by atoms with Crippen LogP contribution in [0.1, 0.15) is 62.1 Å². The molecule has 0 aliphatic heterocycles. The van der Waals surface area contributed by atoms with Crippen LogP contribution >= 0.6 is 0 Å². The summed E-state index contributed by atoms with van der Waals surface area (Å²) in [7, 11) is 3.40. The zero-order valence-electron chi connectivity index (χ0n) is 14.6. The van der Waals surface area contributed by atoms with E-state index in [1.54, 1.807) is 14.2 Å². The van der Waals surface area contributed by atoms with Gasteiger partial charge in [0.1, 0.15) is 0 Å². The standard InChI is InChI=1S/C20H26O3/c1-12(2)15-10-14-9-8-13-6-5-7-18(21)16(13)11-17(14)20(23-4)19(15)22-3/h10,12H,5-9,11H2,1-4H3. The molecule has 0 unspecified atom stereocenters. The van der Waals surface area contributed by atoms with Crippen LogP contribution in [0.5, 0.6) is 11.5 Å². The number of aryl methyl sites for hydroxylation is 1. The molecule has 0 amide bonds. The van der Waals surface area contributed by atoms with Crippen molar-refractivity contribution in [2.24, 2.45) is 0 Å². The van der Waals surface area contributed by atoms with E-state index in [2.05, 4.69) is 19.9 Å². The lowest BCUT2D eigenvalue weighted by Gasteiger charge is -2.22. The van der Waals surface area contributed by atoms with Crippen molar-refractivity contribution in [2.75, 3.05) is 14.2 Å². The van der Waals surface area contributed by atoms with E-state index < -0.39 is 0 Å². The van der Waals surface area contributed by atoms with Crippen LogP contribution in [-0.2, 0) is 17.6 Å². The van der Waals surface area contributed by atoms with Crippen LogP contribution in [0.3, 0.4) is 0 Å². The number of benzene rings is 1. The number of fused-ring (bicyclic) bond motifs is 1. The lowest BCUT2D eigenvalue weighted by molar-refractivity contribution is -0.116. The van der Waals surface area contributed by atoms with Crippen molar-refractivity contribution in [3.63, 3.8) is 0 Å². The smallest absolute Gasteiger partial charge is 0.164 e. The number of ether oxygens (including phenoxy) is 2. The van der Waals surface area contributed by atoms with Gasteiger partial charge in [0.05, 0.1) is 14.2 Å². The first-order valence-electron chi connectivity index (χ1n) is 8.57. The summed E-state index contributed by atoms with van der Waals surface area (Å²) in [5, 5.41) is 0. The maximum atomic E-state index is 12.4. The van der Waals surface area contributed by atoms with Gasteiger partial charge in [-0.05, 0) is 42.7 Å². The van der Waals surface area contributed by atoms with E-state index in [0.29, 0.717) is 24.5 Å². The van der Waals surface area contributed by atoms with Crippen molar-refractivity contribution in [2.45, 2.75) is 58.3 Å². The van der Waals surface area contributed by atoms with Crippen LogP contribution in [-0.4, -0.2) is 20.0 Å². The summed E-state index contributed by atoms with van der Waals surface area (Å²) in [5.41, 5.74) is 6.05. The third kappa shape index (κ3) is 2.77. The molecule has 0 radical (unpaired) electrons. The summed E-state index contributed by atoms with van der Waals surface area (Å²) in [6, 6.07) is 2.27. The summed E-state index contributed by atoms with van der Waals surface area (Å²) in [6.45, 7) is 4.35. The van der Waals surface area contributed by atoms with Crippen molar-refractivity contribution in [1.82, 2.24) is 0 Å². The quantitative estimate of drug-likeness (QED) is 0.831. The van der Waals surface area contributed by atoms with Crippen molar-refractivity contribution in [3.8, 4) is 11.5 Å². The Balaban J connectivity index is 2.16. The molecule has 0 saturated heterocycles. The number of carbonyl (C=O) groups excluding carboxylic acids is 1. The number of ketones is 1. The molecule has 124 valence electrons. The minimum absolute atomic E-state index is 0.327. The lowest BCUT2D eigenvalue weighted by atomic mass is 9.86. The Morgan fingerprint density at radius 1 is 1.00 bits per heavy atom. The van der Waals surface area contributed by atoms with E-state index in [9.17, 15) is 4.79 Å². The van der Waals surface area contributed by atoms with Gasteiger partial charge in [-0.2, -0.15) is 0 Å². The number of carbonyl (C=O) groups is 1. The van der Waals surface area contributed by atoms with Crippen molar-refractivity contribution in [1.29, 1.82) is 0 Å². The summed E-state index contributed by atoms with van der Waals surface area (Å²) < 4.78 is 11.4. The second-order valence-corrected chi connectivity index (χ2v) is 6.86. The fourth-order valence-corrected chi connectivity index (χ4v) is 3.95. The zero-order chi connectivity index (χ0) is 16.6. The van der Waals surface area contributed by atoms with Gasteiger partial charge in [0.25, 0.3) is 0 Å². The first-order chi connectivity index (χ1) is 11.1. The van der Waals surface area contributed by atoms with Gasteiger partial charge in [-0.1, -0.05) is 25.5 Å². The van der Waals surface area contributed by atoms with Gasteiger partial charge in [0.15, 0.2) is 17.3 Å². The molecule has 3 rings (SSSR count). The molecule has 0 spiro atoms. The SMILES string of the molecule is COc1c(C(C)C)cc2c(c1OC)CC1=C(CCCC1=O)CC2. The first-order valence-corrected chi connectivity index (χ1v) is 8.57. The molecule has 0 aromatic heterocycles. The highest BCUT2D eigenvalue weighted by Crippen LogP contribution is 2.44. The van der Waals surface area contributed by atoms with Crippen LogP contribution in [0.25, 0.3) is 0 Å². The maximum Gasteiger partial charge on any atom is 0.164 e. The number of methoxy groups -OCH3 is 2. The monoisotopic (exact) mass is 314 g/mol. The topological polar surface area (TPSA) is 35.5 Å². The maximum absolute atomic E-state index is 12.4. The molecular weight excluding hydrogens is 288 g/mol. The van der Waals surface area contributed by atoms with E-state index in [0.717, 1.165) is 48.3 Å². The molecule has 1 aromatic carbocycles. The predicted molar refractivity (Wildman–Crippen MR) is 91.5 cm³/mol. The summed E-state index contributed by atoms with van der Waals surface area (Å²) in [5.74, 6) is 2.35. The Labute approximate surface area is 138 Å². The van der Waals surface area contributed by atoms with Gasteiger partial charge < -0.3 is 9.47 Å². The van der Waals surface area contributed by atoms with Gasteiger partial charge in [-0.25, -0.2) is 0 Å². The van der Waals surface area contributed by atoms with E-state index in [-0.39, 0.29) is 0 Å². The number of Topliss-reactive ketones (excluding diaryl/α,β-unsaturated/α-hetero) is 1. The van der Waals surface area contributed by atoms with Crippen LogP contribution < -0.4 is 9.47 Å². The fourth-order valence-electron chi connectivity index (χ4n) is 3.95. The largest absolute Gasteiger partial charge is 0.493 e. The molecule has 0 N–H and O–H groups in total. The first kappa shape index (κ1) is 16.1. The highest BCUT2D eigenvalue weighted by atomic mass is 16.5. The van der Waals surface area contributed by atoms with E-state index in [4.69, 9.17) is 9.47 Å². The van der Waals surface area contributed by atoms with Crippen LogP contribution in [0.4, 0.5) is 0 Å². The lowest BCUT2D eigenvalue weighted by Crippen LogP contribution is -2.13. The average molecular weight is 314 g/mol. The fraction of sp³-hybridized carbons (Fsp3) is 0.550. The summed E-state index contributed by atoms with van der Waals surface area (Å²) in [6.07, 6.45) is 5.46. The highest BCUT2D eigenvalue weighted by Gasteiger charge is 2.28. The molecule has 0 heterocycles. The van der Waals surface area contributed by atoms with Gasteiger partial charge in [0, 0.05) is 24.0 Å². The molecule has 0 fully saturated rings. The average Bonchev–Trinajstić information content (AvgIpc) is 2.73. The van der Waals surface area contributed by atoms with Crippen molar-refractivity contribution < 1.29 is 14.3 Å². The summed E-state index contributed by atoms with van der Waals surface area (Å²) in [4.78, 5) is 12.4. The molecule has 2 aliphatic carbocycles.